The summed E-state index contributed by atoms with van der Waals surface area (Å²) in [5.74, 6) is 0.237. The molecular weight excluding hydrogens is 174 g/mol. The van der Waals surface area contributed by atoms with E-state index in [1.54, 1.807) is 17.8 Å². The number of hydrogen-bond donors (Lipinski definition) is 1. The Morgan fingerprint density at radius 2 is 2.58 bits per heavy atom. The summed E-state index contributed by atoms with van der Waals surface area (Å²) in [7, 11) is 0. The number of fused-ring (bicyclic) bond motifs is 1. The second kappa shape index (κ2) is 2.78. The minimum Gasteiger partial charge on any atom is -0.392 e. The monoisotopic (exact) mass is 185 g/mol. The number of aliphatic hydroxyl groups excluding tert-OH is 1. The van der Waals surface area contributed by atoms with Gasteiger partial charge in [-0.1, -0.05) is 0 Å². The van der Waals surface area contributed by atoms with Gasteiger partial charge in [0.05, 0.1) is 24.4 Å². The normalized spacial score (nSPS) is 37.0. The summed E-state index contributed by atoms with van der Waals surface area (Å²) in [6.45, 7) is 2.08. The van der Waals surface area contributed by atoms with E-state index in [2.05, 4.69) is 0 Å². The van der Waals surface area contributed by atoms with Gasteiger partial charge in [0, 0.05) is 4.91 Å². The molecule has 0 saturated carbocycles. The second-order valence-corrected chi connectivity index (χ2v) is 4.29. The van der Waals surface area contributed by atoms with Gasteiger partial charge in [0.2, 0.25) is 5.91 Å². The molecular formula is C8H11NO2S. The molecule has 2 atom stereocenters. The zero-order chi connectivity index (χ0) is 8.72. The van der Waals surface area contributed by atoms with Gasteiger partial charge >= 0.3 is 0 Å². The van der Waals surface area contributed by atoms with Gasteiger partial charge < -0.3 is 10.0 Å². The number of carbonyl (C=O) groups is 1. The molecule has 2 saturated heterocycles. The van der Waals surface area contributed by atoms with Crippen LogP contribution in [0.25, 0.3) is 0 Å². The zero-order valence-electron chi connectivity index (χ0n) is 6.86. The lowest BCUT2D eigenvalue weighted by molar-refractivity contribution is -0.142. The molecule has 0 aromatic carbocycles. The number of hydrogen-bond acceptors (Lipinski definition) is 3. The number of aliphatic hydroxyl groups is 1. The lowest BCUT2D eigenvalue weighted by atomic mass is 10.1. The molecule has 66 valence electrons. The van der Waals surface area contributed by atoms with Crippen LogP contribution < -0.4 is 0 Å². The molecule has 2 aliphatic heterocycles. The smallest absolute Gasteiger partial charge is 0.226 e. The van der Waals surface area contributed by atoms with Gasteiger partial charge in [-0.25, -0.2) is 0 Å². The van der Waals surface area contributed by atoms with Crippen LogP contribution in [0, 0.1) is 0 Å². The van der Waals surface area contributed by atoms with Crippen LogP contribution in [0.3, 0.4) is 0 Å². The van der Waals surface area contributed by atoms with Gasteiger partial charge in [0.1, 0.15) is 0 Å². The summed E-state index contributed by atoms with van der Waals surface area (Å²) in [5.41, 5.74) is 0. The Bertz CT molecular complexity index is 251. The summed E-state index contributed by atoms with van der Waals surface area (Å²) in [5, 5.41) is 9.06. The number of nitrogens with zero attached hydrogens (tertiary/aromatic N) is 1. The van der Waals surface area contributed by atoms with Crippen molar-refractivity contribution in [1.29, 1.82) is 0 Å². The molecule has 0 aromatic heterocycles. The molecule has 2 heterocycles. The predicted octanol–water partition coefficient (Wildman–Crippen LogP) is 0.556. The van der Waals surface area contributed by atoms with Crippen LogP contribution in [0.1, 0.15) is 13.3 Å². The van der Waals surface area contributed by atoms with E-state index in [1.165, 1.54) is 0 Å². The van der Waals surface area contributed by atoms with Crippen molar-refractivity contribution in [2.24, 2.45) is 0 Å². The van der Waals surface area contributed by atoms with E-state index in [1.807, 2.05) is 11.8 Å². The average molecular weight is 185 g/mol. The number of β-lactam (4-membered cyclic amide) rings is 1. The maximum atomic E-state index is 11.1. The predicted molar refractivity (Wildman–Crippen MR) is 47.5 cm³/mol. The molecule has 0 spiro atoms. The second-order valence-electron chi connectivity index (χ2n) is 3.04. The average Bonchev–Trinajstić information content (AvgIpc) is 2.24. The lowest BCUT2D eigenvalue weighted by Crippen LogP contribution is -2.50. The van der Waals surface area contributed by atoms with Crippen molar-refractivity contribution in [2.45, 2.75) is 24.8 Å². The Kier molecular flexibility index (Phi) is 1.88. The molecule has 0 aromatic rings. The third kappa shape index (κ3) is 0.983. The highest BCUT2D eigenvalue weighted by atomic mass is 32.2. The van der Waals surface area contributed by atoms with Crippen LogP contribution in [0.15, 0.2) is 11.0 Å². The van der Waals surface area contributed by atoms with E-state index in [-0.39, 0.29) is 18.6 Å². The van der Waals surface area contributed by atoms with Crippen molar-refractivity contribution in [3.05, 3.63) is 11.0 Å². The molecule has 2 rings (SSSR count). The lowest BCUT2D eigenvalue weighted by Gasteiger charge is -2.35. The molecule has 1 N–H and O–H groups in total. The van der Waals surface area contributed by atoms with Crippen LogP contribution in [0.5, 0.6) is 0 Å². The SMILES string of the molecule is C[C@H]1/C(=C/CO)SC2CC(=O)N21. The first-order valence-corrected chi connectivity index (χ1v) is 4.90. The molecule has 1 unspecified atom stereocenters. The van der Waals surface area contributed by atoms with Crippen LogP contribution in [-0.2, 0) is 4.79 Å². The first-order chi connectivity index (χ1) is 5.74. The van der Waals surface area contributed by atoms with Gasteiger partial charge in [0.25, 0.3) is 0 Å². The summed E-state index contributed by atoms with van der Waals surface area (Å²) in [6.07, 6.45) is 2.46. The largest absolute Gasteiger partial charge is 0.392 e. The molecule has 12 heavy (non-hydrogen) atoms. The number of thioether (sulfide) groups is 1. The first-order valence-electron chi connectivity index (χ1n) is 4.02. The summed E-state index contributed by atoms with van der Waals surface area (Å²) in [4.78, 5) is 14.1. The number of rotatable bonds is 1. The molecule has 2 fully saturated rings. The number of amides is 1. The summed E-state index contributed by atoms with van der Waals surface area (Å²) in [6, 6.07) is 0.188. The molecule has 1 amide bonds. The van der Waals surface area contributed by atoms with Gasteiger partial charge in [-0.05, 0) is 13.0 Å². The molecule has 0 aliphatic carbocycles. The van der Waals surface area contributed by atoms with E-state index in [4.69, 9.17) is 5.11 Å². The highest BCUT2D eigenvalue weighted by Gasteiger charge is 2.46. The first kappa shape index (κ1) is 8.13. The Labute approximate surface area is 75.4 Å². The molecule has 4 heteroatoms. The summed E-state index contributed by atoms with van der Waals surface area (Å²) >= 11 is 1.70. The Balaban J connectivity index is 2.15. The third-order valence-corrected chi connectivity index (χ3v) is 3.79. The zero-order valence-corrected chi connectivity index (χ0v) is 7.67. The van der Waals surface area contributed by atoms with E-state index >= 15 is 0 Å². The number of carbonyl (C=O) groups excluding carboxylic acids is 1. The third-order valence-electron chi connectivity index (χ3n) is 2.34. The maximum absolute atomic E-state index is 11.1. The fourth-order valence-electron chi connectivity index (χ4n) is 1.67. The van der Waals surface area contributed by atoms with E-state index in [0.29, 0.717) is 11.8 Å². The quantitative estimate of drug-likeness (QED) is 0.607. The van der Waals surface area contributed by atoms with Crippen LogP contribution in [0.4, 0.5) is 0 Å². The van der Waals surface area contributed by atoms with E-state index in [0.717, 1.165) is 4.91 Å². The fourth-order valence-corrected chi connectivity index (χ4v) is 3.10. The van der Waals surface area contributed by atoms with Crippen LogP contribution >= 0.6 is 11.8 Å². The van der Waals surface area contributed by atoms with Crippen molar-refractivity contribution < 1.29 is 9.90 Å². The van der Waals surface area contributed by atoms with E-state index in [9.17, 15) is 4.79 Å². The van der Waals surface area contributed by atoms with Crippen molar-refractivity contribution in [1.82, 2.24) is 4.90 Å². The summed E-state index contributed by atoms with van der Waals surface area (Å²) < 4.78 is 0. The van der Waals surface area contributed by atoms with Crippen molar-refractivity contribution >= 4 is 17.7 Å². The highest BCUT2D eigenvalue weighted by molar-refractivity contribution is 8.04. The Hall–Kier alpha value is -0.480. The van der Waals surface area contributed by atoms with Crippen LogP contribution in [0.2, 0.25) is 0 Å². The van der Waals surface area contributed by atoms with Crippen LogP contribution in [-0.4, -0.2) is 33.9 Å². The van der Waals surface area contributed by atoms with Gasteiger partial charge in [-0.3, -0.25) is 4.79 Å². The van der Waals surface area contributed by atoms with Crippen molar-refractivity contribution in [3.63, 3.8) is 0 Å². The standard InChI is InChI=1S/C8H11NO2S/c1-5-6(2-3-10)12-8-4-7(11)9(5)8/h2,5,8,10H,3-4H2,1H3/b6-2-/t5-,8?/m0/s1. The topological polar surface area (TPSA) is 40.5 Å². The van der Waals surface area contributed by atoms with Gasteiger partial charge in [0.15, 0.2) is 0 Å². The highest BCUT2D eigenvalue weighted by Crippen LogP contribution is 2.46. The van der Waals surface area contributed by atoms with Gasteiger partial charge in [-0.2, -0.15) is 0 Å². The fraction of sp³-hybridized carbons (Fsp3) is 0.625. The molecule has 0 radical (unpaired) electrons. The molecule has 2 aliphatic rings. The Morgan fingerprint density at radius 1 is 1.83 bits per heavy atom. The van der Waals surface area contributed by atoms with Crippen molar-refractivity contribution in [3.8, 4) is 0 Å². The molecule has 3 nitrogen and oxygen atoms in total. The van der Waals surface area contributed by atoms with Crippen molar-refractivity contribution in [2.75, 3.05) is 6.61 Å². The maximum Gasteiger partial charge on any atom is 0.226 e. The molecule has 0 bridgehead atoms. The minimum atomic E-state index is 0.0709. The van der Waals surface area contributed by atoms with E-state index < -0.39 is 0 Å². The Morgan fingerprint density at radius 3 is 3.08 bits per heavy atom. The van der Waals surface area contributed by atoms with Gasteiger partial charge in [-0.15, -0.1) is 11.8 Å². The minimum absolute atomic E-state index is 0.0709.